The van der Waals surface area contributed by atoms with Crippen LogP contribution in [0.3, 0.4) is 0 Å². The van der Waals surface area contributed by atoms with Crippen LogP contribution in [-0.2, 0) is 6.54 Å². The van der Waals surface area contributed by atoms with Crippen molar-refractivity contribution in [1.82, 2.24) is 25.0 Å². The van der Waals surface area contributed by atoms with Gasteiger partial charge in [-0.2, -0.15) is 5.10 Å². The van der Waals surface area contributed by atoms with E-state index in [4.69, 9.17) is 11.6 Å². The van der Waals surface area contributed by atoms with Crippen molar-refractivity contribution in [3.05, 3.63) is 59.0 Å². The van der Waals surface area contributed by atoms with Crippen molar-refractivity contribution >= 4 is 28.4 Å². The summed E-state index contributed by atoms with van der Waals surface area (Å²) in [6.45, 7) is 5.92. The van der Waals surface area contributed by atoms with E-state index in [2.05, 4.69) is 43.3 Å². The maximum Gasteiger partial charge on any atom is 0.272 e. The van der Waals surface area contributed by atoms with Gasteiger partial charge in [0.25, 0.3) is 5.91 Å². The predicted molar refractivity (Wildman–Crippen MR) is 108 cm³/mol. The van der Waals surface area contributed by atoms with Gasteiger partial charge in [0.05, 0.1) is 5.69 Å². The Morgan fingerprint density at radius 1 is 1.14 bits per heavy atom. The standard InChI is InChI=1S/C21H22ClN5O/c1-13-2-4-18(25-24-13)21(28)23-20-16-11-26(12-17(16)20)8-9-27-7-6-14-10-15(22)3-5-19(14)27/h2-7,10,16-17,20H,8-9,11-12H2,1H3,(H,23,28)/t16-,17+,20?. The summed E-state index contributed by atoms with van der Waals surface area (Å²) in [6, 6.07) is 12.0. The Morgan fingerprint density at radius 2 is 1.96 bits per heavy atom. The fraction of sp³-hybridized carbons (Fsp3) is 0.381. The monoisotopic (exact) mass is 395 g/mol. The molecule has 1 saturated carbocycles. The summed E-state index contributed by atoms with van der Waals surface area (Å²) in [5.41, 5.74) is 2.43. The van der Waals surface area contributed by atoms with E-state index in [1.165, 1.54) is 10.9 Å². The molecule has 1 aliphatic heterocycles. The molecule has 3 aromatic rings. The summed E-state index contributed by atoms with van der Waals surface area (Å²) in [5, 5.41) is 13.0. The van der Waals surface area contributed by atoms with Crippen molar-refractivity contribution in [2.45, 2.75) is 19.5 Å². The van der Waals surface area contributed by atoms with Crippen LogP contribution in [0.1, 0.15) is 16.2 Å². The molecule has 0 spiro atoms. The zero-order valence-corrected chi connectivity index (χ0v) is 16.4. The van der Waals surface area contributed by atoms with Crippen molar-refractivity contribution in [3.8, 4) is 0 Å². The molecule has 1 amide bonds. The Labute approximate surface area is 168 Å². The normalized spacial score (nSPS) is 23.7. The van der Waals surface area contributed by atoms with Gasteiger partial charge in [0, 0.05) is 54.3 Å². The summed E-state index contributed by atoms with van der Waals surface area (Å²) < 4.78 is 2.28. The molecule has 1 saturated heterocycles. The quantitative estimate of drug-likeness (QED) is 0.721. The van der Waals surface area contributed by atoms with Gasteiger partial charge in [0.1, 0.15) is 0 Å². The van der Waals surface area contributed by atoms with Crippen LogP contribution in [0.4, 0.5) is 0 Å². The third-order valence-electron chi connectivity index (χ3n) is 5.99. The highest BCUT2D eigenvalue weighted by molar-refractivity contribution is 6.31. The Balaban J connectivity index is 1.13. The molecule has 1 unspecified atom stereocenters. The number of carbonyl (C=O) groups excluding carboxylic acids is 1. The number of piperidine rings is 1. The summed E-state index contributed by atoms with van der Waals surface area (Å²) in [4.78, 5) is 14.8. The number of halogens is 1. The molecular formula is C21H22ClN5O. The Morgan fingerprint density at radius 3 is 2.71 bits per heavy atom. The zero-order valence-electron chi connectivity index (χ0n) is 15.7. The maximum atomic E-state index is 12.3. The topological polar surface area (TPSA) is 63.1 Å². The van der Waals surface area contributed by atoms with Crippen LogP contribution in [0.2, 0.25) is 5.02 Å². The van der Waals surface area contributed by atoms with Crippen LogP contribution >= 0.6 is 11.6 Å². The highest BCUT2D eigenvalue weighted by Gasteiger charge is 2.56. The Hall–Kier alpha value is -2.44. The molecule has 2 aromatic heterocycles. The van der Waals surface area contributed by atoms with Crippen LogP contribution in [-0.4, -0.2) is 51.2 Å². The average molecular weight is 396 g/mol. The van der Waals surface area contributed by atoms with Crippen molar-refractivity contribution < 1.29 is 4.79 Å². The maximum absolute atomic E-state index is 12.3. The summed E-state index contributed by atoms with van der Waals surface area (Å²) >= 11 is 6.07. The first kappa shape index (κ1) is 17.6. The van der Waals surface area contributed by atoms with Gasteiger partial charge < -0.3 is 14.8 Å². The van der Waals surface area contributed by atoms with Gasteiger partial charge in [0.2, 0.25) is 0 Å². The van der Waals surface area contributed by atoms with E-state index in [1.54, 1.807) is 6.07 Å². The Kier molecular flexibility index (Phi) is 4.33. The predicted octanol–water partition coefficient (Wildman–Crippen LogP) is 2.75. The smallest absolute Gasteiger partial charge is 0.272 e. The molecule has 3 atom stereocenters. The summed E-state index contributed by atoms with van der Waals surface area (Å²) in [5.74, 6) is 1.00. The van der Waals surface area contributed by atoms with Crippen LogP contribution in [0, 0.1) is 18.8 Å². The van der Waals surface area contributed by atoms with Gasteiger partial charge >= 0.3 is 0 Å². The highest BCUT2D eigenvalue weighted by Crippen LogP contribution is 2.45. The van der Waals surface area contributed by atoms with E-state index < -0.39 is 0 Å². The number of amides is 1. The van der Waals surface area contributed by atoms with E-state index >= 15 is 0 Å². The molecule has 28 heavy (non-hydrogen) atoms. The minimum absolute atomic E-state index is 0.115. The Bertz CT molecular complexity index is 1020. The molecule has 3 heterocycles. The average Bonchev–Trinajstić information content (AvgIpc) is 3.03. The highest BCUT2D eigenvalue weighted by atomic mass is 35.5. The van der Waals surface area contributed by atoms with Crippen LogP contribution in [0.15, 0.2) is 42.6 Å². The lowest BCUT2D eigenvalue weighted by Gasteiger charge is -2.20. The number of carbonyl (C=O) groups is 1. The van der Waals surface area contributed by atoms with Crippen LogP contribution in [0.25, 0.3) is 10.9 Å². The first-order valence-electron chi connectivity index (χ1n) is 9.66. The number of hydrogen-bond donors (Lipinski definition) is 1. The van der Waals surface area contributed by atoms with Gasteiger partial charge in [-0.25, -0.2) is 0 Å². The lowest BCUT2D eigenvalue weighted by atomic mass is 10.2. The molecule has 144 valence electrons. The van der Waals surface area contributed by atoms with Gasteiger partial charge in [-0.15, -0.1) is 5.10 Å². The number of benzene rings is 1. The second-order valence-corrected chi connectivity index (χ2v) is 8.30. The van der Waals surface area contributed by atoms with Crippen molar-refractivity contribution in [2.24, 2.45) is 11.8 Å². The van der Waals surface area contributed by atoms with Crippen molar-refractivity contribution in [3.63, 3.8) is 0 Å². The molecule has 5 rings (SSSR count). The second-order valence-electron chi connectivity index (χ2n) is 7.86. The lowest BCUT2D eigenvalue weighted by Crippen LogP contribution is -2.36. The molecule has 0 bridgehead atoms. The molecule has 2 fully saturated rings. The first-order valence-corrected chi connectivity index (χ1v) is 10.0. The lowest BCUT2D eigenvalue weighted by molar-refractivity contribution is 0.0936. The van der Waals surface area contributed by atoms with Gasteiger partial charge in [0.15, 0.2) is 5.69 Å². The molecule has 1 N–H and O–H groups in total. The molecule has 7 heteroatoms. The molecule has 0 radical (unpaired) electrons. The SMILES string of the molecule is Cc1ccc(C(=O)NC2[C@H]3CN(CCn4ccc5cc(Cl)ccc54)C[C@@H]23)nn1. The van der Waals surface area contributed by atoms with E-state index in [9.17, 15) is 4.79 Å². The summed E-state index contributed by atoms with van der Waals surface area (Å²) in [7, 11) is 0. The number of fused-ring (bicyclic) bond motifs is 2. The van der Waals surface area contributed by atoms with Crippen molar-refractivity contribution in [2.75, 3.05) is 19.6 Å². The fourth-order valence-corrected chi connectivity index (χ4v) is 4.55. The number of rotatable bonds is 5. The van der Waals surface area contributed by atoms with Crippen LogP contribution < -0.4 is 5.32 Å². The van der Waals surface area contributed by atoms with Gasteiger partial charge in [-0.1, -0.05) is 11.6 Å². The number of aromatic nitrogens is 3. The number of hydrogen-bond acceptors (Lipinski definition) is 4. The number of nitrogens with one attached hydrogen (secondary N) is 1. The molecule has 1 aliphatic carbocycles. The third kappa shape index (κ3) is 3.27. The van der Waals surface area contributed by atoms with Gasteiger partial charge in [-0.05, 0) is 55.2 Å². The third-order valence-corrected chi connectivity index (χ3v) is 6.22. The second kappa shape index (κ2) is 6.87. The van der Waals surface area contributed by atoms with E-state index in [0.29, 0.717) is 17.5 Å². The molecule has 2 aliphatic rings. The minimum atomic E-state index is -0.115. The summed E-state index contributed by atoms with van der Waals surface area (Å²) in [6.07, 6.45) is 2.13. The molecule has 1 aromatic carbocycles. The van der Waals surface area contributed by atoms with Crippen LogP contribution in [0.5, 0.6) is 0 Å². The van der Waals surface area contributed by atoms with E-state index in [-0.39, 0.29) is 11.9 Å². The molecular weight excluding hydrogens is 374 g/mol. The van der Waals surface area contributed by atoms with E-state index in [1.807, 2.05) is 25.1 Å². The minimum Gasteiger partial charge on any atom is -0.347 e. The number of likely N-dealkylation sites (tertiary alicyclic amines) is 1. The zero-order chi connectivity index (χ0) is 19.3. The number of nitrogens with zero attached hydrogens (tertiary/aromatic N) is 4. The molecule has 6 nitrogen and oxygen atoms in total. The fourth-order valence-electron chi connectivity index (χ4n) is 4.37. The first-order chi connectivity index (χ1) is 13.6. The largest absolute Gasteiger partial charge is 0.347 e. The number of aryl methyl sites for hydroxylation is 1. The van der Waals surface area contributed by atoms with Gasteiger partial charge in [-0.3, -0.25) is 4.79 Å². The van der Waals surface area contributed by atoms with E-state index in [0.717, 1.165) is 36.9 Å². The van der Waals surface area contributed by atoms with Crippen molar-refractivity contribution in [1.29, 1.82) is 0 Å².